The molecule has 2 rings (SSSR count). The Morgan fingerprint density at radius 1 is 1.12 bits per heavy atom. The molecule has 0 aromatic carbocycles. The third-order valence-electron chi connectivity index (χ3n) is 4.50. The van der Waals surface area contributed by atoms with E-state index >= 15 is 0 Å². The molecule has 0 bridgehead atoms. The van der Waals surface area contributed by atoms with Gasteiger partial charge in [-0.3, -0.25) is 0 Å². The van der Waals surface area contributed by atoms with Crippen LogP contribution in [0, 0.1) is 5.92 Å². The first-order valence-corrected chi connectivity index (χ1v) is 8.02. The number of rotatable bonds is 2. The quantitative estimate of drug-likeness (QED) is 0.806. The van der Waals surface area contributed by atoms with Crippen molar-refractivity contribution in [2.75, 3.05) is 19.3 Å². The highest BCUT2D eigenvalue weighted by Gasteiger charge is 2.30. The van der Waals surface area contributed by atoms with Crippen molar-refractivity contribution in [3.05, 3.63) is 0 Å². The molecule has 0 spiro atoms. The van der Waals surface area contributed by atoms with Crippen LogP contribution in [0.5, 0.6) is 0 Å². The van der Waals surface area contributed by atoms with Crippen LogP contribution in [0.4, 0.5) is 0 Å². The zero-order valence-corrected chi connectivity index (χ0v) is 11.5. The molecule has 0 aromatic heterocycles. The largest absolute Gasteiger partial charge is 0.327 e. The van der Waals surface area contributed by atoms with Crippen molar-refractivity contribution < 1.29 is 0 Å². The average Bonchev–Trinajstić information content (AvgIpc) is 2.33. The number of nitrogens with two attached hydrogens (primary N) is 1. The molecule has 1 saturated heterocycles. The second-order valence-corrected chi connectivity index (χ2v) is 6.73. The first-order valence-electron chi connectivity index (χ1n) is 6.73. The standard InChI is InChI=1S/C13H26N2S/c1-10-9-15(8-7-13(10)14)11-3-5-12(16-2)6-4-11/h10-13H,3-9,14H2,1-2H3. The van der Waals surface area contributed by atoms with Crippen molar-refractivity contribution in [1.82, 2.24) is 4.90 Å². The van der Waals surface area contributed by atoms with Gasteiger partial charge >= 0.3 is 0 Å². The van der Waals surface area contributed by atoms with Gasteiger partial charge in [0.05, 0.1) is 0 Å². The number of nitrogens with zero attached hydrogens (tertiary/aromatic N) is 1. The van der Waals surface area contributed by atoms with Crippen LogP contribution in [0.15, 0.2) is 0 Å². The summed E-state index contributed by atoms with van der Waals surface area (Å²) in [4.78, 5) is 2.71. The zero-order chi connectivity index (χ0) is 11.5. The minimum atomic E-state index is 0.443. The first kappa shape index (κ1) is 12.7. The lowest BCUT2D eigenvalue weighted by Gasteiger charge is -2.42. The maximum Gasteiger partial charge on any atom is 0.00961 e. The lowest BCUT2D eigenvalue weighted by molar-refractivity contribution is 0.0942. The van der Waals surface area contributed by atoms with Crippen molar-refractivity contribution in [3.63, 3.8) is 0 Å². The van der Waals surface area contributed by atoms with Gasteiger partial charge < -0.3 is 10.6 Å². The van der Waals surface area contributed by atoms with E-state index in [1.807, 2.05) is 0 Å². The van der Waals surface area contributed by atoms with E-state index in [1.165, 1.54) is 45.2 Å². The third-order valence-corrected chi connectivity index (χ3v) is 5.63. The van der Waals surface area contributed by atoms with Crippen molar-refractivity contribution in [1.29, 1.82) is 0 Å². The summed E-state index contributed by atoms with van der Waals surface area (Å²) in [6.07, 6.45) is 9.11. The van der Waals surface area contributed by atoms with Gasteiger partial charge in [0.2, 0.25) is 0 Å². The molecule has 0 amide bonds. The molecule has 1 heterocycles. The Kier molecular flexibility index (Phi) is 4.57. The Morgan fingerprint density at radius 3 is 2.38 bits per heavy atom. The molecule has 2 atom stereocenters. The van der Waals surface area contributed by atoms with Gasteiger partial charge in [0.1, 0.15) is 0 Å². The average molecular weight is 242 g/mol. The zero-order valence-electron chi connectivity index (χ0n) is 10.7. The molecule has 2 fully saturated rings. The monoisotopic (exact) mass is 242 g/mol. The van der Waals surface area contributed by atoms with Gasteiger partial charge in [-0.05, 0) is 50.8 Å². The molecule has 1 aliphatic carbocycles. The van der Waals surface area contributed by atoms with Crippen molar-refractivity contribution in [2.24, 2.45) is 11.7 Å². The summed E-state index contributed by atoms with van der Waals surface area (Å²) >= 11 is 2.06. The highest BCUT2D eigenvalue weighted by Crippen LogP contribution is 2.31. The molecular formula is C13H26N2S. The Labute approximate surface area is 104 Å². The molecule has 1 aliphatic heterocycles. The Morgan fingerprint density at radius 2 is 1.81 bits per heavy atom. The maximum atomic E-state index is 6.08. The lowest BCUT2D eigenvalue weighted by Crippen LogP contribution is -2.50. The van der Waals surface area contributed by atoms with Gasteiger partial charge in [-0.1, -0.05) is 6.92 Å². The summed E-state index contributed by atoms with van der Waals surface area (Å²) < 4.78 is 0. The summed E-state index contributed by atoms with van der Waals surface area (Å²) in [5.74, 6) is 0.687. The van der Waals surface area contributed by atoms with Crippen LogP contribution in [-0.2, 0) is 0 Å². The molecule has 0 radical (unpaired) electrons. The second-order valence-electron chi connectivity index (χ2n) is 5.59. The molecule has 16 heavy (non-hydrogen) atoms. The molecule has 2 N–H and O–H groups in total. The van der Waals surface area contributed by atoms with Gasteiger partial charge in [-0.15, -0.1) is 0 Å². The van der Waals surface area contributed by atoms with Gasteiger partial charge in [0, 0.05) is 23.9 Å². The summed E-state index contributed by atoms with van der Waals surface area (Å²) in [6, 6.07) is 1.30. The fourth-order valence-corrected chi connectivity index (χ4v) is 3.92. The minimum Gasteiger partial charge on any atom is -0.327 e. The van der Waals surface area contributed by atoms with Crippen LogP contribution >= 0.6 is 11.8 Å². The summed E-state index contributed by atoms with van der Waals surface area (Å²) in [7, 11) is 0. The van der Waals surface area contributed by atoms with E-state index < -0.39 is 0 Å². The number of hydrogen-bond acceptors (Lipinski definition) is 3. The highest BCUT2D eigenvalue weighted by molar-refractivity contribution is 7.99. The van der Waals surface area contributed by atoms with E-state index in [1.54, 1.807) is 0 Å². The molecule has 2 aliphatic rings. The van der Waals surface area contributed by atoms with Gasteiger partial charge in [-0.2, -0.15) is 11.8 Å². The van der Waals surface area contributed by atoms with Crippen molar-refractivity contribution >= 4 is 11.8 Å². The number of piperidine rings is 1. The molecule has 2 nitrogen and oxygen atoms in total. The lowest BCUT2D eigenvalue weighted by atomic mass is 9.88. The smallest absolute Gasteiger partial charge is 0.00961 e. The van der Waals surface area contributed by atoms with Gasteiger partial charge in [-0.25, -0.2) is 0 Å². The molecular weight excluding hydrogens is 216 g/mol. The van der Waals surface area contributed by atoms with E-state index in [-0.39, 0.29) is 0 Å². The summed E-state index contributed by atoms with van der Waals surface area (Å²) in [5, 5.41) is 0.931. The van der Waals surface area contributed by atoms with E-state index in [9.17, 15) is 0 Å². The number of thioether (sulfide) groups is 1. The van der Waals surface area contributed by atoms with Crippen molar-refractivity contribution in [3.8, 4) is 0 Å². The Hall–Kier alpha value is 0.270. The number of likely N-dealkylation sites (tertiary alicyclic amines) is 1. The van der Waals surface area contributed by atoms with Gasteiger partial charge in [0.25, 0.3) is 0 Å². The van der Waals surface area contributed by atoms with E-state index in [4.69, 9.17) is 5.73 Å². The normalized spacial score (nSPS) is 42.2. The number of hydrogen-bond donors (Lipinski definition) is 1. The van der Waals surface area contributed by atoms with Crippen LogP contribution in [0.1, 0.15) is 39.0 Å². The Balaban J connectivity index is 1.81. The van der Waals surface area contributed by atoms with Crippen LogP contribution in [0.3, 0.4) is 0 Å². The van der Waals surface area contributed by atoms with Crippen LogP contribution in [0.2, 0.25) is 0 Å². The van der Waals surface area contributed by atoms with Crippen LogP contribution in [0.25, 0.3) is 0 Å². The Bertz CT molecular complexity index is 214. The topological polar surface area (TPSA) is 29.3 Å². The third kappa shape index (κ3) is 2.93. The van der Waals surface area contributed by atoms with Crippen LogP contribution in [-0.4, -0.2) is 41.6 Å². The highest BCUT2D eigenvalue weighted by atomic mass is 32.2. The van der Waals surface area contributed by atoms with E-state index in [2.05, 4.69) is 29.8 Å². The fourth-order valence-electron chi connectivity index (χ4n) is 3.17. The minimum absolute atomic E-state index is 0.443. The molecule has 3 heteroatoms. The SMILES string of the molecule is CSC1CCC(N2CCC(N)C(C)C2)CC1. The maximum absolute atomic E-state index is 6.08. The predicted octanol–water partition coefficient (Wildman–Crippen LogP) is 2.33. The van der Waals surface area contributed by atoms with Crippen LogP contribution < -0.4 is 5.73 Å². The fraction of sp³-hybridized carbons (Fsp3) is 1.00. The van der Waals surface area contributed by atoms with E-state index in [0.29, 0.717) is 12.0 Å². The van der Waals surface area contributed by atoms with Crippen molar-refractivity contribution in [2.45, 2.75) is 56.4 Å². The molecule has 2 unspecified atom stereocenters. The first-order chi connectivity index (χ1) is 7.70. The predicted molar refractivity (Wildman–Crippen MR) is 72.9 cm³/mol. The summed E-state index contributed by atoms with van der Waals surface area (Å²) in [6.45, 7) is 4.78. The molecule has 0 aromatic rings. The van der Waals surface area contributed by atoms with E-state index in [0.717, 1.165) is 11.3 Å². The second kappa shape index (κ2) is 5.74. The molecule has 94 valence electrons. The molecule has 1 saturated carbocycles. The summed E-state index contributed by atoms with van der Waals surface area (Å²) in [5.41, 5.74) is 6.08. The van der Waals surface area contributed by atoms with Gasteiger partial charge in [0.15, 0.2) is 0 Å².